The number of rotatable bonds is 3. The largest absolute Gasteiger partial charge is 0.408 e. The fourth-order valence-corrected chi connectivity index (χ4v) is 1.99. The van der Waals surface area contributed by atoms with Crippen molar-refractivity contribution < 1.29 is 13.2 Å². The minimum absolute atomic E-state index is 0.370. The van der Waals surface area contributed by atoms with E-state index in [1.165, 1.54) is 19.0 Å². The van der Waals surface area contributed by atoms with E-state index in [4.69, 9.17) is 0 Å². The van der Waals surface area contributed by atoms with Gasteiger partial charge in [0.05, 0.1) is 0 Å². The third-order valence-electron chi connectivity index (χ3n) is 2.69. The van der Waals surface area contributed by atoms with E-state index in [-0.39, 0.29) is 0 Å². The predicted octanol–water partition coefficient (Wildman–Crippen LogP) is 2.80. The van der Waals surface area contributed by atoms with Gasteiger partial charge in [0.25, 0.3) is 0 Å². The zero-order valence-corrected chi connectivity index (χ0v) is 8.80. The van der Waals surface area contributed by atoms with E-state index < -0.39 is 12.7 Å². The van der Waals surface area contributed by atoms with Crippen molar-refractivity contribution in [3.63, 3.8) is 0 Å². The molecule has 6 heteroatoms. The van der Waals surface area contributed by atoms with Crippen molar-refractivity contribution in [1.29, 1.82) is 0 Å². The van der Waals surface area contributed by atoms with Gasteiger partial charge in [0, 0.05) is 18.3 Å². The van der Waals surface area contributed by atoms with E-state index in [0.29, 0.717) is 11.9 Å². The first-order valence-corrected chi connectivity index (χ1v) is 5.40. The third-order valence-corrected chi connectivity index (χ3v) is 2.69. The van der Waals surface area contributed by atoms with Crippen LogP contribution in [0.15, 0.2) is 12.3 Å². The second-order valence-electron chi connectivity index (χ2n) is 4.14. The summed E-state index contributed by atoms with van der Waals surface area (Å²) in [6.45, 7) is -1.03. The molecule has 0 aromatic carbocycles. The number of aromatic nitrogens is 2. The van der Waals surface area contributed by atoms with E-state index in [2.05, 4.69) is 10.4 Å². The van der Waals surface area contributed by atoms with Crippen molar-refractivity contribution in [3.05, 3.63) is 12.3 Å². The van der Waals surface area contributed by atoms with E-state index in [1.54, 1.807) is 6.07 Å². The number of nitrogens with zero attached hydrogens (tertiary/aromatic N) is 2. The lowest BCUT2D eigenvalue weighted by Gasteiger charge is -2.10. The topological polar surface area (TPSA) is 29.9 Å². The molecule has 16 heavy (non-hydrogen) atoms. The zero-order valence-electron chi connectivity index (χ0n) is 8.80. The first kappa shape index (κ1) is 11.3. The van der Waals surface area contributed by atoms with Crippen LogP contribution in [0.1, 0.15) is 25.7 Å². The summed E-state index contributed by atoms with van der Waals surface area (Å²) in [6.07, 6.45) is 1.65. The molecule has 90 valence electrons. The number of hydrogen-bond acceptors (Lipinski definition) is 2. The highest BCUT2D eigenvalue weighted by Crippen LogP contribution is 2.22. The van der Waals surface area contributed by atoms with E-state index in [9.17, 15) is 13.2 Å². The van der Waals surface area contributed by atoms with Gasteiger partial charge >= 0.3 is 6.18 Å². The molecular formula is C10H14F3N3. The van der Waals surface area contributed by atoms with Gasteiger partial charge in [-0.2, -0.15) is 18.3 Å². The minimum atomic E-state index is -4.21. The van der Waals surface area contributed by atoms with Gasteiger partial charge in [-0.25, -0.2) is 0 Å². The van der Waals surface area contributed by atoms with Gasteiger partial charge in [-0.3, -0.25) is 4.68 Å². The first-order valence-electron chi connectivity index (χ1n) is 5.40. The molecule has 0 bridgehead atoms. The highest BCUT2D eigenvalue weighted by Gasteiger charge is 2.28. The van der Waals surface area contributed by atoms with E-state index in [1.807, 2.05) is 0 Å². The van der Waals surface area contributed by atoms with Crippen molar-refractivity contribution in [2.75, 3.05) is 5.32 Å². The van der Waals surface area contributed by atoms with Crippen molar-refractivity contribution in [2.45, 2.75) is 44.4 Å². The first-order chi connectivity index (χ1) is 7.53. The maximum atomic E-state index is 12.1. The van der Waals surface area contributed by atoms with Crippen LogP contribution in [0.5, 0.6) is 0 Å². The van der Waals surface area contributed by atoms with Gasteiger partial charge in [0.2, 0.25) is 0 Å². The Bertz CT molecular complexity index is 339. The quantitative estimate of drug-likeness (QED) is 0.870. The summed E-state index contributed by atoms with van der Waals surface area (Å²) in [5.41, 5.74) is 0. The predicted molar refractivity (Wildman–Crippen MR) is 54.2 cm³/mol. The van der Waals surface area contributed by atoms with Crippen LogP contribution in [0.4, 0.5) is 19.0 Å². The van der Waals surface area contributed by atoms with Crippen molar-refractivity contribution in [1.82, 2.24) is 9.78 Å². The number of hydrogen-bond donors (Lipinski definition) is 1. The Hall–Kier alpha value is -1.20. The van der Waals surface area contributed by atoms with Crippen molar-refractivity contribution >= 4 is 5.82 Å². The molecule has 0 spiro atoms. The molecule has 0 aliphatic heterocycles. The highest BCUT2D eigenvalue weighted by molar-refractivity contribution is 5.33. The molecule has 0 saturated heterocycles. The van der Waals surface area contributed by atoms with Crippen LogP contribution in [0.25, 0.3) is 0 Å². The maximum absolute atomic E-state index is 12.1. The normalized spacial score (nSPS) is 17.9. The lowest BCUT2D eigenvalue weighted by Crippen LogP contribution is -2.19. The Balaban J connectivity index is 1.91. The molecule has 1 fully saturated rings. The van der Waals surface area contributed by atoms with Crippen LogP contribution in [0.3, 0.4) is 0 Å². The van der Waals surface area contributed by atoms with Gasteiger partial charge in [0.15, 0.2) is 0 Å². The van der Waals surface area contributed by atoms with Crippen LogP contribution in [0.2, 0.25) is 0 Å². The van der Waals surface area contributed by atoms with Gasteiger partial charge in [-0.1, -0.05) is 12.8 Å². The van der Waals surface area contributed by atoms with E-state index >= 15 is 0 Å². The van der Waals surface area contributed by atoms with Crippen molar-refractivity contribution in [3.8, 4) is 0 Å². The highest BCUT2D eigenvalue weighted by atomic mass is 19.4. The van der Waals surface area contributed by atoms with E-state index in [0.717, 1.165) is 17.5 Å². The molecule has 2 rings (SSSR count). The molecule has 0 unspecified atom stereocenters. The molecule has 1 aromatic rings. The standard InChI is InChI=1S/C10H14F3N3/c11-10(12,13)7-16-6-5-9(15-16)14-8-3-1-2-4-8/h5-6,8H,1-4,7H2,(H,14,15). The molecule has 1 aliphatic rings. The SMILES string of the molecule is FC(F)(F)Cn1ccc(NC2CCCC2)n1. The molecule has 3 nitrogen and oxygen atoms in total. The fourth-order valence-electron chi connectivity index (χ4n) is 1.99. The summed E-state index contributed by atoms with van der Waals surface area (Å²) in [5, 5.41) is 6.99. The summed E-state index contributed by atoms with van der Waals surface area (Å²) >= 11 is 0. The lowest BCUT2D eigenvalue weighted by atomic mass is 10.2. The number of anilines is 1. The number of nitrogens with one attached hydrogen (secondary N) is 1. The molecule has 1 heterocycles. The monoisotopic (exact) mass is 233 g/mol. The Morgan fingerprint density at radius 1 is 1.38 bits per heavy atom. The van der Waals surface area contributed by atoms with Crippen LogP contribution in [-0.4, -0.2) is 22.0 Å². The lowest BCUT2D eigenvalue weighted by molar-refractivity contribution is -0.142. The molecule has 1 saturated carbocycles. The summed E-state index contributed by atoms with van der Waals surface area (Å²) < 4.78 is 37.1. The average Bonchev–Trinajstić information content (AvgIpc) is 2.75. The second-order valence-corrected chi connectivity index (χ2v) is 4.14. The Kier molecular flexibility index (Phi) is 3.07. The zero-order chi connectivity index (χ0) is 11.6. The summed E-state index contributed by atoms with van der Waals surface area (Å²) in [6, 6.07) is 1.96. The van der Waals surface area contributed by atoms with Gasteiger partial charge in [-0.05, 0) is 12.8 Å². The van der Waals surface area contributed by atoms with Crippen molar-refractivity contribution in [2.24, 2.45) is 0 Å². The van der Waals surface area contributed by atoms with Gasteiger partial charge in [0.1, 0.15) is 12.4 Å². The molecule has 0 amide bonds. The minimum Gasteiger partial charge on any atom is -0.366 e. The Morgan fingerprint density at radius 2 is 2.06 bits per heavy atom. The summed E-state index contributed by atoms with van der Waals surface area (Å²) in [4.78, 5) is 0. The number of halogens is 3. The maximum Gasteiger partial charge on any atom is 0.408 e. The molecule has 0 atom stereocenters. The second kappa shape index (κ2) is 4.35. The third kappa shape index (κ3) is 3.15. The fraction of sp³-hybridized carbons (Fsp3) is 0.700. The summed E-state index contributed by atoms with van der Waals surface area (Å²) in [7, 11) is 0. The molecule has 1 aliphatic carbocycles. The van der Waals surface area contributed by atoms with Gasteiger partial charge in [-0.15, -0.1) is 0 Å². The van der Waals surface area contributed by atoms with Crippen LogP contribution >= 0.6 is 0 Å². The van der Waals surface area contributed by atoms with Crippen LogP contribution < -0.4 is 5.32 Å². The molecule has 0 radical (unpaired) electrons. The molecular weight excluding hydrogens is 219 g/mol. The molecule has 1 N–H and O–H groups in total. The summed E-state index contributed by atoms with van der Waals surface area (Å²) in [5.74, 6) is 0.538. The van der Waals surface area contributed by atoms with Crippen LogP contribution in [-0.2, 0) is 6.54 Å². The smallest absolute Gasteiger partial charge is 0.366 e. The Morgan fingerprint density at radius 3 is 2.69 bits per heavy atom. The number of alkyl halides is 3. The Labute approximate surface area is 91.6 Å². The van der Waals surface area contributed by atoms with Crippen LogP contribution in [0, 0.1) is 0 Å². The average molecular weight is 233 g/mol. The molecule has 1 aromatic heterocycles. The van der Waals surface area contributed by atoms with Gasteiger partial charge < -0.3 is 5.32 Å².